The Bertz CT molecular complexity index is 3230. The number of urea groups is 1. The minimum absolute atomic E-state index is 0.156. The fourth-order valence-electron chi connectivity index (χ4n) is 7.02. The lowest BCUT2D eigenvalue weighted by atomic mass is 9.93. The molecule has 10 rings (SSSR count). The van der Waals surface area contributed by atoms with E-state index in [4.69, 9.17) is 47.5 Å². The molecule has 0 atom stereocenters. The standard InChI is InChI=1S/C20H19ClN6O2.C14H16N2O3.C12H9ClN4.C6H15N.C4H8O/c1-20(2,3)15-10-17(26-29-15)25-19(28)23-12-4-6-13(7-5-12)27-11-22-14-8-9-16(21)24-18(14)27;1-14(2,3)11-9-12(16-19-11)15-13(17)18-10-7-5-4-6-8-10;13-11-6-5-10-12(16-11)17(7-15-10)9-3-1-8(14)2-4-9;1-4-7(5-2)6-3;1-2-4-5-3-1/h4-11H,1-3H3,(H2,23,25,26,28);4-9H,1-3H3,(H,15,16,17);1-7H,14H2;4-6H2,1-3H3;1-4H2. The van der Waals surface area contributed by atoms with Crippen LogP contribution in [-0.4, -0.2) is 89.3 Å². The number of amides is 3. The number of nitrogens with one attached hydrogen (secondary N) is 3. The van der Waals surface area contributed by atoms with Crippen LogP contribution >= 0.6 is 23.2 Å². The Labute approximate surface area is 458 Å². The number of para-hydroxylation sites is 1. The van der Waals surface area contributed by atoms with Crippen LogP contribution in [0.3, 0.4) is 0 Å². The Morgan fingerprint density at radius 1 is 0.636 bits per heavy atom. The van der Waals surface area contributed by atoms with Crippen LogP contribution in [0, 0.1) is 0 Å². The molecule has 1 aliphatic rings. The second-order valence-corrected chi connectivity index (χ2v) is 20.1. The van der Waals surface area contributed by atoms with Crippen molar-refractivity contribution in [3.05, 3.63) is 150 Å². The Hall–Kier alpha value is -7.84. The monoisotopic (exact) mass is 1090 g/mol. The number of pyridine rings is 2. The van der Waals surface area contributed by atoms with Crippen LogP contribution in [0.2, 0.25) is 10.3 Å². The van der Waals surface area contributed by atoms with E-state index in [1.807, 2.05) is 105 Å². The average molecular weight is 1090 g/mol. The van der Waals surface area contributed by atoms with E-state index in [9.17, 15) is 9.59 Å². The first-order valence-corrected chi connectivity index (χ1v) is 25.9. The van der Waals surface area contributed by atoms with Gasteiger partial charge in [0, 0.05) is 58.9 Å². The number of anilines is 4. The molecule has 1 aliphatic heterocycles. The Morgan fingerprint density at radius 2 is 1.10 bits per heavy atom. The number of hydrogen-bond acceptors (Lipinski definition) is 14. The number of nitrogen functional groups attached to an aromatic ring is 1. The van der Waals surface area contributed by atoms with Gasteiger partial charge >= 0.3 is 12.1 Å². The van der Waals surface area contributed by atoms with E-state index in [1.165, 1.54) is 32.5 Å². The van der Waals surface area contributed by atoms with E-state index in [2.05, 4.69) is 71.9 Å². The molecule has 77 heavy (non-hydrogen) atoms. The minimum Gasteiger partial charge on any atom is -0.410 e. The van der Waals surface area contributed by atoms with Gasteiger partial charge in [0.2, 0.25) is 0 Å². The van der Waals surface area contributed by atoms with Crippen molar-refractivity contribution in [3.8, 4) is 17.1 Å². The molecule has 0 bridgehead atoms. The Kier molecular flexibility index (Phi) is 21.1. The summed E-state index contributed by atoms with van der Waals surface area (Å²) in [7, 11) is 0. The molecule has 0 radical (unpaired) electrons. The third kappa shape index (κ3) is 17.9. The molecule has 406 valence electrons. The molecule has 0 saturated carbocycles. The maximum absolute atomic E-state index is 12.2. The summed E-state index contributed by atoms with van der Waals surface area (Å²) in [5.74, 6) is 2.56. The Morgan fingerprint density at radius 3 is 1.52 bits per heavy atom. The molecule has 3 aromatic carbocycles. The molecular weight excluding hydrogens is 1020 g/mol. The van der Waals surface area contributed by atoms with Gasteiger partial charge in [0.25, 0.3) is 0 Å². The maximum Gasteiger partial charge on any atom is 0.418 e. The first kappa shape index (κ1) is 58.4. The summed E-state index contributed by atoms with van der Waals surface area (Å²) < 4.78 is 24.2. The number of ether oxygens (including phenoxy) is 2. The molecule has 9 aromatic rings. The van der Waals surface area contributed by atoms with Crippen molar-refractivity contribution in [1.29, 1.82) is 0 Å². The number of nitrogens with two attached hydrogens (primary N) is 1. The summed E-state index contributed by atoms with van der Waals surface area (Å²) in [6.45, 7) is 24.1. The SMILES string of the molecule is C1CCOC1.CC(C)(C)c1cc(NC(=O)Nc2ccc(-n3cnc4ccc(Cl)nc43)cc2)no1.CC(C)(C)c1cc(NC(=O)Oc2ccccc2)no1.CCN(CC)CC.Nc1ccc(-n2cnc3ccc(Cl)nc32)cc1. The highest BCUT2D eigenvalue weighted by molar-refractivity contribution is 6.30. The second kappa shape index (κ2) is 27.8. The first-order chi connectivity index (χ1) is 36.8. The summed E-state index contributed by atoms with van der Waals surface area (Å²) in [6.07, 6.45) is 5.36. The number of aromatic nitrogens is 8. The first-order valence-electron chi connectivity index (χ1n) is 25.1. The molecule has 0 aliphatic carbocycles. The zero-order valence-electron chi connectivity index (χ0n) is 44.9. The van der Waals surface area contributed by atoms with E-state index in [-0.39, 0.29) is 10.8 Å². The smallest absolute Gasteiger partial charge is 0.410 e. The highest BCUT2D eigenvalue weighted by atomic mass is 35.5. The van der Waals surface area contributed by atoms with Crippen molar-refractivity contribution in [3.63, 3.8) is 0 Å². The third-order valence-electron chi connectivity index (χ3n) is 11.4. The minimum atomic E-state index is -0.597. The van der Waals surface area contributed by atoms with Crippen LogP contribution < -0.4 is 26.4 Å². The van der Waals surface area contributed by atoms with E-state index in [0.29, 0.717) is 50.5 Å². The molecule has 19 nitrogen and oxygen atoms in total. The molecule has 1 saturated heterocycles. The lowest BCUT2D eigenvalue weighted by Crippen LogP contribution is -2.21. The van der Waals surface area contributed by atoms with Crippen LogP contribution in [0.1, 0.15) is 86.7 Å². The van der Waals surface area contributed by atoms with Crippen molar-refractivity contribution in [2.75, 3.05) is 54.5 Å². The topological polar surface area (TPSA) is 231 Å². The summed E-state index contributed by atoms with van der Waals surface area (Å²) >= 11 is 11.9. The second-order valence-electron chi connectivity index (χ2n) is 19.3. The molecule has 0 unspecified atom stereocenters. The van der Waals surface area contributed by atoms with Gasteiger partial charge in [0.05, 0.1) is 0 Å². The summed E-state index contributed by atoms with van der Waals surface area (Å²) in [5.41, 5.74) is 11.4. The summed E-state index contributed by atoms with van der Waals surface area (Å²) in [5, 5.41) is 16.4. The predicted molar refractivity (Wildman–Crippen MR) is 305 cm³/mol. The number of halogens is 2. The molecule has 21 heteroatoms. The Balaban J connectivity index is 0.000000174. The van der Waals surface area contributed by atoms with E-state index in [1.54, 1.807) is 73.3 Å². The van der Waals surface area contributed by atoms with Gasteiger partial charge in [-0.2, -0.15) is 0 Å². The molecule has 6 aromatic heterocycles. The molecule has 7 heterocycles. The number of hydrogen-bond donors (Lipinski definition) is 4. The molecule has 5 N–H and O–H groups in total. The molecule has 3 amide bonds. The lowest BCUT2D eigenvalue weighted by molar-refractivity contribution is 0.198. The number of carbonyl (C=O) groups excluding carboxylic acids is 2. The van der Waals surface area contributed by atoms with Crippen molar-refractivity contribution < 1.29 is 28.1 Å². The average Bonchev–Trinajstić information content (AvgIpc) is 4.28. The van der Waals surface area contributed by atoms with Gasteiger partial charge < -0.3 is 34.5 Å². The van der Waals surface area contributed by atoms with Gasteiger partial charge in [-0.1, -0.05) is 114 Å². The van der Waals surface area contributed by atoms with E-state index < -0.39 is 12.1 Å². The van der Waals surface area contributed by atoms with Crippen LogP contribution in [0.25, 0.3) is 33.7 Å². The normalized spacial score (nSPS) is 12.0. The van der Waals surface area contributed by atoms with E-state index in [0.717, 1.165) is 47.0 Å². The highest BCUT2D eigenvalue weighted by Gasteiger charge is 2.22. The number of rotatable bonds is 9. The number of benzene rings is 3. The zero-order valence-corrected chi connectivity index (χ0v) is 46.4. The molecular formula is C56H67Cl2N13O6. The van der Waals surface area contributed by atoms with Gasteiger partial charge in [-0.3, -0.25) is 19.8 Å². The van der Waals surface area contributed by atoms with Gasteiger partial charge in [-0.25, -0.2) is 29.5 Å². The van der Waals surface area contributed by atoms with Crippen molar-refractivity contribution >= 4 is 80.7 Å². The van der Waals surface area contributed by atoms with Gasteiger partial charge in [0.1, 0.15) is 51.3 Å². The molecule has 0 spiro atoms. The van der Waals surface area contributed by atoms with Gasteiger partial charge in [-0.15, -0.1) is 0 Å². The quantitative estimate of drug-likeness (QED) is 0.0778. The van der Waals surface area contributed by atoms with Crippen molar-refractivity contribution in [1.82, 2.24) is 44.3 Å². The third-order valence-corrected chi connectivity index (χ3v) is 11.8. The van der Waals surface area contributed by atoms with Crippen LogP contribution in [-0.2, 0) is 15.6 Å². The zero-order chi connectivity index (χ0) is 55.5. The number of nitrogens with zero attached hydrogens (tertiary/aromatic N) is 9. The van der Waals surface area contributed by atoms with Gasteiger partial charge in [0.15, 0.2) is 22.9 Å². The number of imidazole rings is 2. The van der Waals surface area contributed by atoms with Crippen molar-refractivity contribution in [2.45, 2.75) is 86.0 Å². The molecule has 1 fully saturated rings. The van der Waals surface area contributed by atoms with Crippen LogP contribution in [0.4, 0.5) is 32.6 Å². The van der Waals surface area contributed by atoms with Crippen molar-refractivity contribution in [2.24, 2.45) is 0 Å². The predicted octanol–water partition coefficient (Wildman–Crippen LogP) is 13.4. The number of fused-ring (bicyclic) bond motifs is 2. The van der Waals surface area contributed by atoms with Crippen LogP contribution in [0.15, 0.2) is 137 Å². The lowest BCUT2D eigenvalue weighted by Gasteiger charge is -2.13. The van der Waals surface area contributed by atoms with E-state index >= 15 is 0 Å². The highest BCUT2D eigenvalue weighted by Crippen LogP contribution is 2.27. The van der Waals surface area contributed by atoms with Crippen LogP contribution in [0.5, 0.6) is 5.75 Å². The number of carbonyl (C=O) groups is 2. The summed E-state index contributed by atoms with van der Waals surface area (Å²) in [6, 6.07) is 33.7. The fraction of sp³-hybridized carbons (Fsp3) is 0.321. The summed E-state index contributed by atoms with van der Waals surface area (Å²) in [4.78, 5) is 43.4. The van der Waals surface area contributed by atoms with Gasteiger partial charge in [-0.05, 0) is 117 Å². The largest absolute Gasteiger partial charge is 0.418 e. The maximum atomic E-state index is 12.2. The fourth-order valence-corrected chi connectivity index (χ4v) is 7.31.